The van der Waals surface area contributed by atoms with Crippen molar-refractivity contribution < 1.29 is 9.18 Å². The van der Waals surface area contributed by atoms with Crippen LogP contribution in [0.5, 0.6) is 0 Å². The minimum atomic E-state index is -0.236. The maximum atomic E-state index is 12.9. The molecule has 0 saturated carbocycles. The highest BCUT2D eigenvalue weighted by Gasteiger charge is 2.25. The summed E-state index contributed by atoms with van der Waals surface area (Å²) in [6, 6.07) is 6.43. The van der Waals surface area contributed by atoms with Crippen LogP contribution < -0.4 is 5.73 Å². The predicted octanol–water partition coefficient (Wildman–Crippen LogP) is 3.07. The Morgan fingerprint density at radius 3 is 2.68 bits per heavy atom. The molecule has 0 radical (unpaired) electrons. The lowest BCUT2D eigenvalue weighted by Crippen LogP contribution is -2.31. The first-order chi connectivity index (χ1) is 11.1. The van der Waals surface area contributed by atoms with Crippen molar-refractivity contribution in [2.45, 2.75) is 19.3 Å². The van der Waals surface area contributed by atoms with E-state index in [2.05, 4.69) is 4.98 Å². The molecule has 1 saturated heterocycles. The number of benzene rings is 1. The molecule has 1 aromatic carbocycles. The van der Waals surface area contributed by atoms with Gasteiger partial charge in [0.1, 0.15) is 5.82 Å². The molecule has 1 aromatic heterocycles. The highest BCUT2D eigenvalue weighted by atomic mass is 35.5. The minimum Gasteiger partial charge on any atom is -0.342 e. The van der Waals surface area contributed by atoms with E-state index in [1.54, 1.807) is 23.5 Å². The van der Waals surface area contributed by atoms with Crippen molar-refractivity contribution in [1.82, 2.24) is 9.88 Å². The molecule has 8 heteroatoms. The maximum Gasteiger partial charge on any atom is 0.228 e. The van der Waals surface area contributed by atoms with Gasteiger partial charge in [-0.1, -0.05) is 12.1 Å². The minimum absolute atomic E-state index is 0. The first-order valence-electron chi connectivity index (χ1n) is 7.79. The van der Waals surface area contributed by atoms with Crippen molar-refractivity contribution in [1.29, 1.82) is 0 Å². The molecule has 0 aliphatic carbocycles. The number of nitrogens with two attached hydrogens (primary N) is 1. The van der Waals surface area contributed by atoms with E-state index in [0.717, 1.165) is 35.8 Å². The average molecular weight is 406 g/mol. The summed E-state index contributed by atoms with van der Waals surface area (Å²) in [4.78, 5) is 18.7. The third kappa shape index (κ3) is 5.92. The standard InChI is InChI=1S/C17H20FN3OS.2ClH/c18-14-3-1-12(2-4-14)7-16-20-15(11-23-16)8-17(22)21-6-5-13(9-19)10-21;;/h1-4,11,13H,5-10,19H2;2*1H. The topological polar surface area (TPSA) is 59.2 Å². The molecule has 1 aliphatic heterocycles. The van der Waals surface area contributed by atoms with Crippen molar-refractivity contribution in [2.75, 3.05) is 19.6 Å². The molecule has 4 nitrogen and oxygen atoms in total. The van der Waals surface area contributed by atoms with Crippen molar-refractivity contribution in [3.63, 3.8) is 0 Å². The Balaban J connectivity index is 0.00000156. The fourth-order valence-corrected chi connectivity index (χ4v) is 3.63. The van der Waals surface area contributed by atoms with E-state index >= 15 is 0 Å². The molecular weight excluding hydrogens is 384 g/mol. The van der Waals surface area contributed by atoms with E-state index in [0.29, 0.717) is 25.3 Å². The van der Waals surface area contributed by atoms with Crippen LogP contribution in [0.15, 0.2) is 29.6 Å². The van der Waals surface area contributed by atoms with Crippen LogP contribution in [-0.2, 0) is 17.6 Å². The lowest BCUT2D eigenvalue weighted by atomic mass is 10.1. The molecule has 138 valence electrons. The number of thiazole rings is 1. The van der Waals surface area contributed by atoms with Crippen LogP contribution in [-0.4, -0.2) is 35.4 Å². The Morgan fingerprint density at radius 1 is 1.32 bits per heavy atom. The lowest BCUT2D eigenvalue weighted by Gasteiger charge is -2.15. The molecule has 1 atom stereocenters. The Morgan fingerprint density at radius 2 is 2.04 bits per heavy atom. The van der Waals surface area contributed by atoms with Gasteiger partial charge >= 0.3 is 0 Å². The van der Waals surface area contributed by atoms with Gasteiger partial charge in [0.2, 0.25) is 5.91 Å². The van der Waals surface area contributed by atoms with Gasteiger partial charge in [0, 0.05) is 24.9 Å². The van der Waals surface area contributed by atoms with E-state index < -0.39 is 0 Å². The molecule has 1 amide bonds. The molecule has 0 bridgehead atoms. The fourth-order valence-electron chi connectivity index (χ4n) is 2.81. The van der Waals surface area contributed by atoms with Gasteiger partial charge in [-0.2, -0.15) is 0 Å². The van der Waals surface area contributed by atoms with E-state index in [-0.39, 0.29) is 36.5 Å². The summed E-state index contributed by atoms with van der Waals surface area (Å²) in [5.41, 5.74) is 7.49. The third-order valence-electron chi connectivity index (χ3n) is 4.17. The first-order valence-corrected chi connectivity index (χ1v) is 8.67. The molecular formula is C17H22Cl2FN3OS. The van der Waals surface area contributed by atoms with Crippen molar-refractivity contribution in [3.05, 3.63) is 51.7 Å². The van der Waals surface area contributed by atoms with Gasteiger partial charge in [-0.25, -0.2) is 9.37 Å². The average Bonchev–Trinajstić information content (AvgIpc) is 3.19. The smallest absolute Gasteiger partial charge is 0.228 e. The number of amides is 1. The Bertz CT molecular complexity index is 681. The van der Waals surface area contributed by atoms with Gasteiger partial charge in [0.15, 0.2) is 0 Å². The van der Waals surface area contributed by atoms with E-state index in [4.69, 9.17) is 5.73 Å². The Kier molecular flexibility index (Phi) is 8.79. The normalized spacial score (nSPS) is 16.2. The van der Waals surface area contributed by atoms with Crippen LogP contribution in [0.3, 0.4) is 0 Å². The predicted molar refractivity (Wildman–Crippen MR) is 103 cm³/mol. The van der Waals surface area contributed by atoms with Gasteiger partial charge in [0.25, 0.3) is 0 Å². The SMILES string of the molecule is Cl.Cl.NCC1CCN(C(=O)Cc2csc(Cc3ccc(F)cc3)n2)C1. The van der Waals surface area contributed by atoms with E-state index in [1.165, 1.54) is 12.1 Å². The second-order valence-corrected chi connectivity index (χ2v) is 6.89. The molecule has 2 N–H and O–H groups in total. The molecule has 3 rings (SSSR count). The number of aromatic nitrogens is 1. The van der Waals surface area contributed by atoms with Crippen LogP contribution in [0.25, 0.3) is 0 Å². The summed E-state index contributed by atoms with van der Waals surface area (Å²) >= 11 is 1.54. The van der Waals surface area contributed by atoms with Crippen molar-refractivity contribution in [3.8, 4) is 0 Å². The van der Waals surface area contributed by atoms with Crippen LogP contribution in [0.2, 0.25) is 0 Å². The highest BCUT2D eigenvalue weighted by Crippen LogP contribution is 2.19. The Labute approximate surface area is 163 Å². The maximum absolute atomic E-state index is 12.9. The zero-order valence-corrected chi connectivity index (χ0v) is 16.1. The highest BCUT2D eigenvalue weighted by molar-refractivity contribution is 7.09. The van der Waals surface area contributed by atoms with E-state index in [1.807, 2.05) is 10.3 Å². The molecule has 1 aliphatic rings. The van der Waals surface area contributed by atoms with Crippen LogP contribution >= 0.6 is 36.2 Å². The number of nitrogens with zero attached hydrogens (tertiary/aromatic N) is 2. The lowest BCUT2D eigenvalue weighted by molar-refractivity contribution is -0.129. The summed E-state index contributed by atoms with van der Waals surface area (Å²) in [5, 5.41) is 2.88. The van der Waals surface area contributed by atoms with Crippen LogP contribution in [0.4, 0.5) is 4.39 Å². The van der Waals surface area contributed by atoms with Crippen LogP contribution in [0, 0.1) is 11.7 Å². The van der Waals surface area contributed by atoms with Gasteiger partial charge in [-0.05, 0) is 36.6 Å². The number of rotatable bonds is 5. The van der Waals surface area contributed by atoms with Crippen molar-refractivity contribution >= 4 is 42.1 Å². The largest absolute Gasteiger partial charge is 0.342 e. The molecule has 2 aromatic rings. The number of hydrogen-bond acceptors (Lipinski definition) is 4. The molecule has 2 heterocycles. The second-order valence-electron chi connectivity index (χ2n) is 5.94. The monoisotopic (exact) mass is 405 g/mol. The van der Waals surface area contributed by atoms with E-state index in [9.17, 15) is 9.18 Å². The van der Waals surface area contributed by atoms with Gasteiger partial charge in [0.05, 0.1) is 17.1 Å². The Hall–Kier alpha value is -1.21. The molecule has 0 spiro atoms. The number of carbonyl (C=O) groups excluding carboxylic acids is 1. The third-order valence-corrected chi connectivity index (χ3v) is 5.07. The number of halogens is 3. The number of carbonyl (C=O) groups is 1. The zero-order valence-electron chi connectivity index (χ0n) is 13.7. The molecule has 25 heavy (non-hydrogen) atoms. The summed E-state index contributed by atoms with van der Waals surface area (Å²) < 4.78 is 12.9. The molecule has 1 fully saturated rings. The second kappa shape index (κ2) is 10.1. The summed E-state index contributed by atoms with van der Waals surface area (Å²) in [6.45, 7) is 2.21. The molecule has 1 unspecified atom stereocenters. The quantitative estimate of drug-likeness (QED) is 0.831. The van der Waals surface area contributed by atoms with Crippen molar-refractivity contribution in [2.24, 2.45) is 11.7 Å². The fraction of sp³-hybridized carbons (Fsp3) is 0.412. The summed E-state index contributed by atoms with van der Waals surface area (Å²) in [5.74, 6) is 0.323. The zero-order chi connectivity index (χ0) is 16.2. The summed E-state index contributed by atoms with van der Waals surface area (Å²) in [7, 11) is 0. The number of hydrogen-bond donors (Lipinski definition) is 1. The van der Waals surface area contributed by atoms with Gasteiger partial charge in [-0.15, -0.1) is 36.2 Å². The van der Waals surface area contributed by atoms with Gasteiger partial charge < -0.3 is 10.6 Å². The van der Waals surface area contributed by atoms with Crippen LogP contribution in [0.1, 0.15) is 22.7 Å². The summed E-state index contributed by atoms with van der Waals surface area (Å²) in [6.07, 6.45) is 2.00. The first kappa shape index (κ1) is 21.8. The van der Waals surface area contributed by atoms with Gasteiger partial charge in [-0.3, -0.25) is 4.79 Å². The number of likely N-dealkylation sites (tertiary alicyclic amines) is 1.